The summed E-state index contributed by atoms with van der Waals surface area (Å²) in [4.78, 5) is 0. The maximum atomic E-state index is 2.33. The Bertz CT molecular complexity index is 789. The van der Waals surface area contributed by atoms with Crippen LogP contribution in [0.2, 0.25) is 0 Å². The van der Waals surface area contributed by atoms with Crippen molar-refractivity contribution in [2.75, 3.05) is 0 Å². The van der Waals surface area contributed by atoms with Gasteiger partial charge in [0.05, 0.1) is 0 Å². The molecule has 0 heteroatoms. The van der Waals surface area contributed by atoms with E-state index in [0.717, 1.165) is 6.42 Å². The van der Waals surface area contributed by atoms with Crippen LogP contribution < -0.4 is 0 Å². The SMILES string of the molecule is Cc1cc(C)cc(-c2ccc3c(CC(C)C)cccc3c2)c1. The van der Waals surface area contributed by atoms with Gasteiger partial charge in [-0.05, 0) is 59.7 Å². The molecule has 22 heavy (non-hydrogen) atoms. The van der Waals surface area contributed by atoms with Crippen LogP contribution in [-0.2, 0) is 6.42 Å². The van der Waals surface area contributed by atoms with Gasteiger partial charge in [-0.1, -0.05) is 73.5 Å². The molecule has 0 atom stereocenters. The van der Waals surface area contributed by atoms with Crippen molar-refractivity contribution in [2.45, 2.75) is 34.1 Å². The minimum atomic E-state index is 0.685. The van der Waals surface area contributed by atoms with E-state index in [1.54, 1.807) is 0 Å². The average molecular weight is 288 g/mol. The van der Waals surface area contributed by atoms with E-state index in [0.29, 0.717) is 5.92 Å². The molecule has 0 heterocycles. The molecule has 0 aliphatic carbocycles. The van der Waals surface area contributed by atoms with E-state index in [-0.39, 0.29) is 0 Å². The second-order valence-electron chi connectivity index (χ2n) is 6.83. The fraction of sp³-hybridized carbons (Fsp3) is 0.273. The van der Waals surface area contributed by atoms with E-state index in [4.69, 9.17) is 0 Å². The molecule has 0 bridgehead atoms. The molecule has 3 aromatic carbocycles. The van der Waals surface area contributed by atoms with Crippen LogP contribution in [0.3, 0.4) is 0 Å². The smallest absolute Gasteiger partial charge is 0.0151 e. The molecule has 0 aliphatic rings. The van der Waals surface area contributed by atoms with Crippen molar-refractivity contribution in [1.82, 2.24) is 0 Å². The molecule has 0 spiro atoms. The van der Waals surface area contributed by atoms with Crippen molar-refractivity contribution >= 4 is 10.8 Å². The van der Waals surface area contributed by atoms with E-state index in [2.05, 4.69) is 82.3 Å². The van der Waals surface area contributed by atoms with Gasteiger partial charge in [0.15, 0.2) is 0 Å². The largest absolute Gasteiger partial charge is 0.0625 e. The predicted octanol–water partition coefficient (Wildman–Crippen LogP) is 6.32. The van der Waals surface area contributed by atoms with Crippen LogP contribution in [0.4, 0.5) is 0 Å². The van der Waals surface area contributed by atoms with Gasteiger partial charge in [0.1, 0.15) is 0 Å². The first-order valence-electron chi connectivity index (χ1n) is 8.13. The lowest BCUT2D eigenvalue weighted by Crippen LogP contribution is -1.95. The second kappa shape index (κ2) is 5.96. The first-order valence-corrected chi connectivity index (χ1v) is 8.13. The van der Waals surface area contributed by atoms with Crippen LogP contribution in [-0.4, -0.2) is 0 Å². The number of hydrogen-bond donors (Lipinski definition) is 0. The fourth-order valence-electron chi connectivity index (χ4n) is 3.29. The molecule has 0 aromatic heterocycles. The third-order valence-corrected chi connectivity index (χ3v) is 4.15. The molecule has 0 saturated heterocycles. The van der Waals surface area contributed by atoms with Gasteiger partial charge in [-0.3, -0.25) is 0 Å². The Kier molecular flexibility index (Phi) is 4.02. The topological polar surface area (TPSA) is 0 Å². The maximum absolute atomic E-state index is 2.33. The molecule has 0 radical (unpaired) electrons. The summed E-state index contributed by atoms with van der Waals surface area (Å²) in [6, 6.07) is 20.3. The summed E-state index contributed by atoms with van der Waals surface area (Å²) in [5.41, 5.74) is 6.72. The van der Waals surface area contributed by atoms with Crippen molar-refractivity contribution in [3.63, 3.8) is 0 Å². The minimum absolute atomic E-state index is 0.685. The Morgan fingerprint density at radius 3 is 2.18 bits per heavy atom. The summed E-state index contributed by atoms with van der Waals surface area (Å²) in [5, 5.41) is 2.74. The normalized spacial score (nSPS) is 11.3. The van der Waals surface area contributed by atoms with Gasteiger partial charge in [-0.15, -0.1) is 0 Å². The number of benzene rings is 3. The zero-order chi connectivity index (χ0) is 15.7. The van der Waals surface area contributed by atoms with Crippen molar-refractivity contribution in [3.8, 4) is 11.1 Å². The molecular weight excluding hydrogens is 264 g/mol. The highest BCUT2D eigenvalue weighted by molar-refractivity contribution is 5.90. The Morgan fingerprint density at radius 1 is 0.773 bits per heavy atom. The molecule has 3 aromatic rings. The van der Waals surface area contributed by atoms with Crippen LogP contribution in [0.5, 0.6) is 0 Å². The zero-order valence-electron chi connectivity index (χ0n) is 14.0. The quantitative estimate of drug-likeness (QED) is 0.529. The van der Waals surface area contributed by atoms with Crippen LogP contribution in [0.1, 0.15) is 30.5 Å². The van der Waals surface area contributed by atoms with E-state index in [9.17, 15) is 0 Å². The van der Waals surface area contributed by atoms with Crippen LogP contribution >= 0.6 is 0 Å². The lowest BCUT2D eigenvalue weighted by Gasteiger charge is -2.11. The van der Waals surface area contributed by atoms with E-state index < -0.39 is 0 Å². The monoisotopic (exact) mass is 288 g/mol. The number of fused-ring (bicyclic) bond motifs is 1. The lowest BCUT2D eigenvalue weighted by molar-refractivity contribution is 0.650. The third-order valence-electron chi connectivity index (χ3n) is 4.15. The molecule has 0 nitrogen and oxygen atoms in total. The summed E-state index contributed by atoms with van der Waals surface area (Å²) in [7, 11) is 0. The van der Waals surface area contributed by atoms with Gasteiger partial charge < -0.3 is 0 Å². The Morgan fingerprint density at radius 2 is 1.50 bits per heavy atom. The van der Waals surface area contributed by atoms with Gasteiger partial charge in [-0.2, -0.15) is 0 Å². The predicted molar refractivity (Wildman–Crippen MR) is 97.4 cm³/mol. The highest BCUT2D eigenvalue weighted by Crippen LogP contribution is 2.28. The molecule has 3 rings (SSSR count). The van der Waals surface area contributed by atoms with Crippen LogP contribution in [0.15, 0.2) is 54.6 Å². The van der Waals surface area contributed by atoms with Crippen molar-refractivity contribution in [1.29, 1.82) is 0 Å². The standard InChI is InChI=1S/C22H24/c1-15(2)10-19-6-5-7-20-14-18(8-9-22(19)20)21-12-16(3)11-17(4)13-21/h5-9,11-15H,10H2,1-4H3. The van der Waals surface area contributed by atoms with Gasteiger partial charge >= 0.3 is 0 Å². The van der Waals surface area contributed by atoms with Crippen molar-refractivity contribution in [3.05, 3.63) is 71.3 Å². The van der Waals surface area contributed by atoms with Crippen molar-refractivity contribution < 1.29 is 0 Å². The minimum Gasteiger partial charge on any atom is -0.0625 e. The summed E-state index contributed by atoms with van der Waals surface area (Å²) in [5.74, 6) is 0.685. The summed E-state index contributed by atoms with van der Waals surface area (Å²) >= 11 is 0. The first-order chi connectivity index (χ1) is 10.5. The number of hydrogen-bond acceptors (Lipinski definition) is 0. The molecule has 0 saturated carbocycles. The van der Waals surface area contributed by atoms with Crippen LogP contribution in [0.25, 0.3) is 21.9 Å². The molecular formula is C22H24. The summed E-state index contributed by atoms with van der Waals surface area (Å²) in [6.45, 7) is 8.89. The van der Waals surface area contributed by atoms with Crippen molar-refractivity contribution in [2.24, 2.45) is 5.92 Å². The zero-order valence-corrected chi connectivity index (χ0v) is 14.0. The maximum Gasteiger partial charge on any atom is -0.0151 e. The van der Waals surface area contributed by atoms with Crippen LogP contribution in [0, 0.1) is 19.8 Å². The molecule has 0 aliphatic heterocycles. The Hall–Kier alpha value is -2.08. The van der Waals surface area contributed by atoms with Gasteiger partial charge in [-0.25, -0.2) is 0 Å². The van der Waals surface area contributed by atoms with E-state index in [1.165, 1.54) is 38.6 Å². The van der Waals surface area contributed by atoms with Gasteiger partial charge in [0.25, 0.3) is 0 Å². The summed E-state index contributed by atoms with van der Waals surface area (Å²) < 4.78 is 0. The highest BCUT2D eigenvalue weighted by Gasteiger charge is 2.06. The second-order valence-corrected chi connectivity index (χ2v) is 6.83. The van der Waals surface area contributed by atoms with Gasteiger partial charge in [0, 0.05) is 0 Å². The third kappa shape index (κ3) is 3.06. The Labute approximate surface area is 133 Å². The van der Waals surface area contributed by atoms with E-state index >= 15 is 0 Å². The molecule has 0 N–H and O–H groups in total. The average Bonchev–Trinajstić information content (AvgIpc) is 2.45. The molecule has 0 amide bonds. The fourth-order valence-corrected chi connectivity index (χ4v) is 3.29. The Balaban J connectivity index is 2.10. The highest BCUT2D eigenvalue weighted by atomic mass is 14.1. The summed E-state index contributed by atoms with van der Waals surface area (Å²) in [6.07, 6.45) is 1.14. The molecule has 0 fully saturated rings. The molecule has 0 unspecified atom stereocenters. The van der Waals surface area contributed by atoms with Gasteiger partial charge in [0.2, 0.25) is 0 Å². The number of aryl methyl sites for hydroxylation is 2. The van der Waals surface area contributed by atoms with E-state index in [1.807, 2.05) is 0 Å². The first kappa shape index (κ1) is 14.8. The lowest BCUT2D eigenvalue weighted by atomic mass is 9.94. The molecule has 112 valence electrons. The number of rotatable bonds is 3.